The molecule has 0 saturated carbocycles. The van der Waals surface area contributed by atoms with Crippen LogP contribution in [0.15, 0.2) is 77.7 Å². The van der Waals surface area contributed by atoms with E-state index in [1.54, 1.807) is 60.7 Å². The van der Waals surface area contributed by atoms with Gasteiger partial charge in [0.05, 0.1) is 21.5 Å². The van der Waals surface area contributed by atoms with Gasteiger partial charge in [-0.3, -0.25) is 9.59 Å². The number of sulfonamides is 1. The summed E-state index contributed by atoms with van der Waals surface area (Å²) in [5.41, 5.74) is 2.11. The van der Waals surface area contributed by atoms with E-state index in [4.69, 9.17) is 5.11 Å². The number of aliphatic carboxylic acids is 1. The molecule has 0 bridgehead atoms. The lowest BCUT2D eigenvalue weighted by atomic mass is 10.0. The van der Waals surface area contributed by atoms with Crippen LogP contribution in [0.4, 0.5) is 0 Å². The first kappa shape index (κ1) is 20.5. The number of carbonyl (C=O) groups excluding carboxylic acids is 1. The van der Waals surface area contributed by atoms with Gasteiger partial charge in [-0.1, -0.05) is 48.5 Å². The van der Waals surface area contributed by atoms with E-state index in [1.165, 1.54) is 12.1 Å². The number of nitrogens with one attached hydrogen (secondary N) is 1. The van der Waals surface area contributed by atoms with Crippen molar-refractivity contribution in [2.45, 2.75) is 17.7 Å². The van der Waals surface area contributed by atoms with Crippen molar-refractivity contribution < 1.29 is 23.1 Å². The number of hydrogen-bond donors (Lipinski definition) is 2. The predicted molar refractivity (Wildman–Crippen MR) is 116 cm³/mol. The first-order chi connectivity index (χ1) is 14.8. The number of carboxylic acid groups (broad SMARTS) is 1. The average molecular weight is 434 g/mol. The molecule has 0 aliphatic rings. The van der Waals surface area contributed by atoms with Crippen LogP contribution in [0.3, 0.4) is 0 Å². The van der Waals surface area contributed by atoms with E-state index in [-0.39, 0.29) is 23.3 Å². The molecule has 1 heterocycles. The molecule has 0 fully saturated rings. The molecule has 0 radical (unpaired) electrons. The van der Waals surface area contributed by atoms with Crippen molar-refractivity contribution in [1.82, 2.24) is 9.71 Å². The lowest BCUT2D eigenvalue weighted by Crippen LogP contribution is -2.31. The third kappa shape index (κ3) is 4.24. The molecule has 1 amide bonds. The highest BCUT2D eigenvalue weighted by Gasteiger charge is 2.22. The monoisotopic (exact) mass is 434 g/mol. The number of pyridine rings is 1. The van der Waals surface area contributed by atoms with Crippen LogP contribution in [0.5, 0.6) is 0 Å². The van der Waals surface area contributed by atoms with Gasteiger partial charge >= 0.3 is 5.97 Å². The molecule has 0 atom stereocenters. The Morgan fingerprint density at radius 3 is 1.94 bits per heavy atom. The zero-order valence-electron chi connectivity index (χ0n) is 16.3. The molecule has 2 N–H and O–H groups in total. The fourth-order valence-electron chi connectivity index (χ4n) is 3.40. The summed E-state index contributed by atoms with van der Waals surface area (Å²) in [6, 6.07) is 19.9. The van der Waals surface area contributed by atoms with Crippen LogP contribution in [0.25, 0.3) is 21.8 Å². The molecule has 31 heavy (non-hydrogen) atoms. The van der Waals surface area contributed by atoms with Crippen LogP contribution in [-0.4, -0.2) is 30.4 Å². The second-order valence-electron chi connectivity index (χ2n) is 6.99. The normalized spacial score (nSPS) is 11.5. The minimum atomic E-state index is -4.13. The van der Waals surface area contributed by atoms with Gasteiger partial charge in [0.15, 0.2) is 0 Å². The molecule has 4 aromatic rings. The summed E-state index contributed by atoms with van der Waals surface area (Å²) in [4.78, 5) is 28.3. The molecule has 7 nitrogen and oxygen atoms in total. The Bertz CT molecular complexity index is 1360. The SMILES string of the molecule is O=C(O)CCc1ccc(S(=O)(=O)NC(=O)c2c3ccccc3nc3ccccc23)cc1. The van der Waals surface area contributed by atoms with Gasteiger partial charge in [-0.05, 0) is 36.2 Å². The van der Waals surface area contributed by atoms with Crippen LogP contribution >= 0.6 is 0 Å². The summed E-state index contributed by atoms with van der Waals surface area (Å²) in [7, 11) is -4.13. The van der Waals surface area contributed by atoms with E-state index in [9.17, 15) is 18.0 Å². The summed E-state index contributed by atoms with van der Waals surface area (Å²) < 4.78 is 27.8. The molecule has 0 saturated heterocycles. The minimum absolute atomic E-state index is 0.0506. The van der Waals surface area contributed by atoms with Crippen molar-refractivity contribution in [3.8, 4) is 0 Å². The van der Waals surface area contributed by atoms with E-state index in [0.717, 1.165) is 0 Å². The number of aromatic nitrogens is 1. The van der Waals surface area contributed by atoms with Gasteiger partial charge in [0.2, 0.25) is 0 Å². The predicted octanol–water partition coefficient (Wildman–Crippen LogP) is 3.52. The number of benzene rings is 3. The van der Waals surface area contributed by atoms with Crippen molar-refractivity contribution in [2.24, 2.45) is 0 Å². The first-order valence-electron chi connectivity index (χ1n) is 9.50. The number of carboxylic acids is 1. The van der Waals surface area contributed by atoms with E-state index < -0.39 is 21.9 Å². The lowest BCUT2D eigenvalue weighted by molar-refractivity contribution is -0.136. The maximum Gasteiger partial charge on any atom is 0.303 e. The average Bonchev–Trinajstić information content (AvgIpc) is 2.75. The zero-order valence-corrected chi connectivity index (χ0v) is 17.1. The number of aryl methyl sites for hydroxylation is 1. The first-order valence-corrected chi connectivity index (χ1v) is 11.0. The lowest BCUT2D eigenvalue weighted by Gasteiger charge is -2.12. The fraction of sp³-hybridized carbons (Fsp3) is 0.0870. The maximum atomic E-state index is 13.1. The van der Waals surface area contributed by atoms with Crippen LogP contribution in [0, 0.1) is 0 Å². The molecule has 156 valence electrons. The van der Waals surface area contributed by atoms with Crippen molar-refractivity contribution in [3.05, 3.63) is 83.9 Å². The Kier molecular flexibility index (Phi) is 5.39. The second kappa shape index (κ2) is 8.16. The summed E-state index contributed by atoms with van der Waals surface area (Å²) in [6.45, 7) is 0. The van der Waals surface area contributed by atoms with Crippen LogP contribution in [0.1, 0.15) is 22.3 Å². The summed E-state index contributed by atoms with van der Waals surface area (Å²) >= 11 is 0. The Morgan fingerprint density at radius 2 is 1.39 bits per heavy atom. The molecule has 3 aromatic carbocycles. The summed E-state index contributed by atoms with van der Waals surface area (Å²) in [6.07, 6.45) is 0.238. The number of nitrogens with zero attached hydrogens (tertiary/aromatic N) is 1. The molecule has 0 spiro atoms. The third-order valence-corrected chi connectivity index (χ3v) is 6.25. The molecule has 4 rings (SSSR count). The molecule has 0 aliphatic carbocycles. The minimum Gasteiger partial charge on any atom is -0.481 e. The largest absolute Gasteiger partial charge is 0.481 e. The number of hydrogen-bond acceptors (Lipinski definition) is 5. The van der Waals surface area contributed by atoms with Crippen molar-refractivity contribution in [3.63, 3.8) is 0 Å². The van der Waals surface area contributed by atoms with Crippen molar-refractivity contribution >= 4 is 43.7 Å². The second-order valence-corrected chi connectivity index (χ2v) is 8.68. The third-order valence-electron chi connectivity index (χ3n) is 4.90. The zero-order chi connectivity index (χ0) is 22.0. The molecular formula is C23H18N2O5S. The fourth-order valence-corrected chi connectivity index (χ4v) is 4.36. The molecule has 8 heteroatoms. The highest BCUT2D eigenvalue weighted by Crippen LogP contribution is 2.26. The van der Waals surface area contributed by atoms with Gasteiger partial charge in [0.1, 0.15) is 0 Å². The quantitative estimate of drug-likeness (QED) is 0.449. The Labute approximate surface area is 178 Å². The van der Waals surface area contributed by atoms with Crippen molar-refractivity contribution in [1.29, 1.82) is 0 Å². The smallest absolute Gasteiger partial charge is 0.303 e. The van der Waals surface area contributed by atoms with Gasteiger partial charge in [-0.2, -0.15) is 0 Å². The summed E-state index contributed by atoms with van der Waals surface area (Å²) in [5.74, 6) is -1.68. The van der Waals surface area contributed by atoms with Gasteiger partial charge < -0.3 is 5.11 Å². The van der Waals surface area contributed by atoms with Crippen molar-refractivity contribution in [2.75, 3.05) is 0 Å². The van der Waals surface area contributed by atoms with Crippen LogP contribution in [-0.2, 0) is 21.2 Å². The number of fused-ring (bicyclic) bond motifs is 2. The van der Waals surface area contributed by atoms with Gasteiger partial charge in [0.25, 0.3) is 15.9 Å². The number of para-hydroxylation sites is 2. The van der Waals surface area contributed by atoms with E-state index >= 15 is 0 Å². The number of carbonyl (C=O) groups is 2. The van der Waals surface area contributed by atoms with E-state index in [1.807, 2.05) is 0 Å². The van der Waals surface area contributed by atoms with E-state index in [2.05, 4.69) is 9.71 Å². The highest BCUT2D eigenvalue weighted by molar-refractivity contribution is 7.90. The maximum absolute atomic E-state index is 13.1. The highest BCUT2D eigenvalue weighted by atomic mass is 32.2. The Morgan fingerprint density at radius 1 is 0.839 bits per heavy atom. The van der Waals surface area contributed by atoms with Gasteiger partial charge in [-0.15, -0.1) is 0 Å². The van der Waals surface area contributed by atoms with E-state index in [0.29, 0.717) is 27.4 Å². The standard InChI is InChI=1S/C23H18N2O5S/c26-21(27)14-11-15-9-12-16(13-10-15)31(29,30)25-23(28)22-17-5-1-3-7-19(17)24-20-8-4-2-6-18(20)22/h1-10,12-13H,11,14H2,(H,25,28)(H,26,27). The van der Waals surface area contributed by atoms with Gasteiger partial charge in [0, 0.05) is 17.2 Å². The molecule has 0 aliphatic heterocycles. The number of amides is 1. The summed E-state index contributed by atoms with van der Waals surface area (Å²) in [5, 5.41) is 9.88. The molecule has 1 aromatic heterocycles. The van der Waals surface area contributed by atoms with Gasteiger partial charge in [-0.25, -0.2) is 18.1 Å². The molecular weight excluding hydrogens is 416 g/mol. The Balaban J connectivity index is 1.69. The number of rotatable bonds is 6. The molecule has 0 unspecified atom stereocenters. The van der Waals surface area contributed by atoms with Crippen LogP contribution in [0.2, 0.25) is 0 Å². The van der Waals surface area contributed by atoms with Crippen LogP contribution < -0.4 is 4.72 Å². The topological polar surface area (TPSA) is 113 Å². The Hall–Kier alpha value is -3.78.